The molecule has 40 heavy (non-hydrogen) atoms. The number of ether oxygens (including phenoxy) is 2. The van der Waals surface area contributed by atoms with E-state index in [1.165, 1.54) is 18.4 Å². The van der Waals surface area contributed by atoms with E-state index in [4.69, 9.17) is 9.47 Å². The second-order valence-corrected chi connectivity index (χ2v) is 11.1. The molecule has 1 aromatic heterocycles. The Hall–Kier alpha value is -4.49. The third-order valence-electron chi connectivity index (χ3n) is 8.51. The predicted molar refractivity (Wildman–Crippen MR) is 154 cm³/mol. The largest absolute Gasteiger partial charge is 0.493 e. The molecule has 1 saturated heterocycles. The molecule has 3 heterocycles. The summed E-state index contributed by atoms with van der Waals surface area (Å²) in [6.07, 6.45) is 3.88. The van der Waals surface area contributed by atoms with E-state index < -0.39 is 23.4 Å². The Morgan fingerprint density at radius 3 is 2.25 bits per heavy atom. The van der Waals surface area contributed by atoms with Crippen LogP contribution in [0.15, 0.2) is 90.3 Å². The van der Waals surface area contributed by atoms with Gasteiger partial charge in [0.15, 0.2) is 28.8 Å². The maximum absolute atomic E-state index is 14.7. The molecule has 1 spiro atoms. The predicted octanol–water partition coefficient (Wildman–Crippen LogP) is 6.08. The summed E-state index contributed by atoms with van der Waals surface area (Å²) in [5.74, 6) is -0.679. The van der Waals surface area contributed by atoms with Crippen LogP contribution in [-0.4, -0.2) is 43.7 Å². The van der Waals surface area contributed by atoms with Crippen LogP contribution < -0.4 is 14.4 Å². The zero-order valence-corrected chi connectivity index (χ0v) is 22.7. The van der Waals surface area contributed by atoms with Crippen molar-refractivity contribution in [3.05, 3.63) is 117 Å². The molecule has 3 aromatic carbocycles. The van der Waals surface area contributed by atoms with Gasteiger partial charge in [-0.25, -0.2) is 0 Å². The average molecular weight is 548 g/mol. The van der Waals surface area contributed by atoms with Crippen molar-refractivity contribution in [1.29, 1.82) is 0 Å². The number of rotatable bonds is 5. The summed E-state index contributed by atoms with van der Waals surface area (Å²) in [5.41, 5.74) is 1.50. The molecule has 7 rings (SSSR count). The number of methoxy groups -OCH3 is 2. The molecular weight excluding hydrogens is 522 g/mol. The summed E-state index contributed by atoms with van der Waals surface area (Å²) in [6.45, 7) is 0. The van der Waals surface area contributed by atoms with E-state index in [1.54, 1.807) is 43.5 Å². The number of nitrogens with zero attached hydrogens (tertiary/aromatic N) is 1. The molecule has 0 amide bonds. The van der Waals surface area contributed by atoms with Crippen molar-refractivity contribution in [3.8, 4) is 11.5 Å². The summed E-state index contributed by atoms with van der Waals surface area (Å²) < 4.78 is 11.5. The van der Waals surface area contributed by atoms with Crippen molar-refractivity contribution in [1.82, 2.24) is 0 Å². The highest BCUT2D eigenvalue weighted by molar-refractivity contribution is 7.12. The van der Waals surface area contributed by atoms with Crippen LogP contribution in [0.1, 0.15) is 47.4 Å². The number of para-hydroxylation sites is 2. The van der Waals surface area contributed by atoms with Gasteiger partial charge in [0.25, 0.3) is 0 Å². The summed E-state index contributed by atoms with van der Waals surface area (Å²) in [4.78, 5) is 46.6. The summed E-state index contributed by atoms with van der Waals surface area (Å²) in [5, 5.41) is 1.86. The van der Waals surface area contributed by atoms with Crippen LogP contribution in [0, 0.1) is 5.41 Å². The normalized spacial score (nSPS) is 21.8. The minimum Gasteiger partial charge on any atom is -0.493 e. The fourth-order valence-corrected chi connectivity index (χ4v) is 7.68. The van der Waals surface area contributed by atoms with Crippen LogP contribution in [-0.2, 0) is 0 Å². The Morgan fingerprint density at radius 2 is 1.57 bits per heavy atom. The number of hydrogen-bond donors (Lipinski definition) is 0. The number of thiophene rings is 1. The van der Waals surface area contributed by atoms with Crippen LogP contribution in [0.2, 0.25) is 0 Å². The lowest BCUT2D eigenvalue weighted by atomic mass is 9.64. The van der Waals surface area contributed by atoms with Crippen molar-refractivity contribution < 1.29 is 23.9 Å². The van der Waals surface area contributed by atoms with Gasteiger partial charge in [-0.3, -0.25) is 14.4 Å². The molecule has 0 radical (unpaired) electrons. The van der Waals surface area contributed by atoms with Gasteiger partial charge in [0.1, 0.15) is 11.5 Å². The fraction of sp³-hybridized carbons (Fsp3) is 0.182. The standard InChI is InChI=1S/C33H25NO5S/c1-38-24-14-7-12-22(30(24)39-2)27-28(29(35)25-15-8-18-40-25)34-23-13-6-3-9-19(23)16-17-26(34)33(27)31(36)20-10-4-5-11-21(20)32(33)37/h3-18,26-28H,1-2H3/t26-,27-,28+/m1/s1. The Kier molecular flexibility index (Phi) is 5.54. The van der Waals surface area contributed by atoms with Gasteiger partial charge in [0.2, 0.25) is 0 Å². The lowest BCUT2D eigenvalue weighted by Gasteiger charge is -2.37. The molecule has 3 aliphatic rings. The molecule has 198 valence electrons. The SMILES string of the molecule is COc1cccc([C@@H]2[C@@H](C(=O)c3cccs3)N3c4ccccc4C=C[C@@H]3C23C(=O)c2ccccc2C3=O)c1OC. The molecule has 2 aliphatic heterocycles. The third kappa shape index (κ3) is 3.06. The molecule has 0 N–H and O–H groups in total. The van der Waals surface area contributed by atoms with E-state index >= 15 is 0 Å². The molecule has 4 aromatic rings. The lowest BCUT2D eigenvalue weighted by molar-refractivity contribution is 0.0664. The van der Waals surface area contributed by atoms with Crippen LogP contribution in [0.25, 0.3) is 6.08 Å². The van der Waals surface area contributed by atoms with Crippen molar-refractivity contribution in [2.75, 3.05) is 19.1 Å². The first-order valence-corrected chi connectivity index (χ1v) is 13.9. The van der Waals surface area contributed by atoms with Crippen LogP contribution >= 0.6 is 11.3 Å². The minimum absolute atomic E-state index is 0.145. The van der Waals surface area contributed by atoms with Crippen molar-refractivity contribution in [2.24, 2.45) is 5.41 Å². The number of ketones is 3. The first-order chi connectivity index (χ1) is 19.5. The molecule has 7 heteroatoms. The highest BCUT2D eigenvalue weighted by Gasteiger charge is 2.72. The van der Waals surface area contributed by atoms with Gasteiger partial charge in [0.05, 0.1) is 25.1 Å². The topological polar surface area (TPSA) is 72.9 Å². The van der Waals surface area contributed by atoms with Crippen LogP contribution in [0.4, 0.5) is 5.69 Å². The number of carbonyl (C=O) groups excluding carboxylic acids is 3. The smallest absolute Gasteiger partial charge is 0.195 e. The van der Waals surface area contributed by atoms with Crippen LogP contribution in [0.5, 0.6) is 11.5 Å². The average Bonchev–Trinajstić information content (AvgIpc) is 3.70. The Bertz CT molecular complexity index is 1690. The Morgan fingerprint density at radius 1 is 0.850 bits per heavy atom. The maximum atomic E-state index is 14.7. The summed E-state index contributed by atoms with van der Waals surface area (Å²) in [7, 11) is 3.08. The number of fused-ring (bicyclic) bond motifs is 5. The van der Waals surface area contributed by atoms with Gasteiger partial charge in [-0.05, 0) is 29.1 Å². The summed E-state index contributed by atoms with van der Waals surface area (Å²) in [6, 6.07) is 22.3. The van der Waals surface area contributed by atoms with E-state index in [9.17, 15) is 14.4 Å². The molecule has 1 aliphatic carbocycles. The zero-order valence-electron chi connectivity index (χ0n) is 21.9. The second kappa shape index (κ2) is 9.03. The maximum Gasteiger partial charge on any atom is 0.195 e. The van der Waals surface area contributed by atoms with Crippen molar-refractivity contribution in [3.63, 3.8) is 0 Å². The molecule has 6 nitrogen and oxygen atoms in total. The lowest BCUT2D eigenvalue weighted by Crippen LogP contribution is -2.48. The van der Waals surface area contributed by atoms with Crippen molar-refractivity contribution in [2.45, 2.75) is 18.0 Å². The molecule has 0 unspecified atom stereocenters. The molecule has 0 bridgehead atoms. The molecular formula is C33H25NO5S. The van der Waals surface area contributed by atoms with Gasteiger partial charge in [-0.15, -0.1) is 11.3 Å². The zero-order chi connectivity index (χ0) is 27.6. The van der Waals surface area contributed by atoms with Gasteiger partial charge in [-0.1, -0.05) is 72.8 Å². The fourth-order valence-electron chi connectivity index (χ4n) is 6.98. The molecule has 3 atom stereocenters. The third-order valence-corrected chi connectivity index (χ3v) is 9.40. The minimum atomic E-state index is -1.59. The highest BCUT2D eigenvalue weighted by Crippen LogP contribution is 2.62. The Labute approximate surface area is 235 Å². The van der Waals surface area contributed by atoms with Gasteiger partial charge < -0.3 is 14.4 Å². The van der Waals surface area contributed by atoms with Crippen LogP contribution in [0.3, 0.4) is 0 Å². The van der Waals surface area contributed by atoms with E-state index in [0.29, 0.717) is 33.1 Å². The van der Waals surface area contributed by atoms with E-state index in [-0.39, 0.29) is 17.3 Å². The quantitative estimate of drug-likeness (QED) is 0.223. The van der Waals surface area contributed by atoms with Crippen molar-refractivity contribution >= 4 is 40.4 Å². The first kappa shape index (κ1) is 24.5. The number of benzene rings is 3. The molecule has 1 fully saturated rings. The number of carbonyl (C=O) groups is 3. The highest BCUT2D eigenvalue weighted by atomic mass is 32.1. The van der Waals surface area contributed by atoms with Gasteiger partial charge in [0, 0.05) is 28.3 Å². The molecule has 0 saturated carbocycles. The summed E-state index contributed by atoms with van der Waals surface area (Å²) >= 11 is 1.35. The number of hydrogen-bond acceptors (Lipinski definition) is 7. The monoisotopic (exact) mass is 547 g/mol. The Balaban J connectivity index is 1.59. The van der Waals surface area contributed by atoms with Gasteiger partial charge >= 0.3 is 0 Å². The number of anilines is 1. The van der Waals surface area contributed by atoms with E-state index in [2.05, 4.69) is 0 Å². The van der Waals surface area contributed by atoms with Gasteiger partial charge in [-0.2, -0.15) is 0 Å². The van der Waals surface area contributed by atoms with E-state index in [0.717, 1.165) is 11.3 Å². The van der Waals surface area contributed by atoms with E-state index in [1.807, 2.05) is 64.9 Å². The number of Topliss-reactive ketones (excluding diaryl/α,β-unsaturated/α-hetero) is 3. The first-order valence-electron chi connectivity index (χ1n) is 13.1. The second-order valence-electron chi connectivity index (χ2n) is 10.2.